The highest BCUT2D eigenvalue weighted by Gasteiger charge is 2.23. The van der Waals surface area contributed by atoms with Crippen LogP contribution in [0.3, 0.4) is 0 Å². The highest BCUT2D eigenvalue weighted by atomic mass is 15.6. The third-order valence-electron chi connectivity index (χ3n) is 2.52. The summed E-state index contributed by atoms with van der Waals surface area (Å²) in [6.45, 7) is 11.2. The lowest BCUT2D eigenvalue weighted by Crippen LogP contribution is -2.36. The fourth-order valence-corrected chi connectivity index (χ4v) is 1.40. The average molecular weight is 223 g/mol. The molecule has 16 heavy (non-hydrogen) atoms. The molecule has 0 fully saturated rings. The molecular weight excluding hydrogens is 202 g/mol. The number of aryl methyl sites for hydroxylation is 1. The van der Waals surface area contributed by atoms with Crippen LogP contribution in [0.4, 0.5) is 0 Å². The topological polar surface area (TPSA) is 55.6 Å². The number of rotatable bonds is 6. The van der Waals surface area contributed by atoms with Gasteiger partial charge in [-0.2, -0.15) is 4.80 Å². The van der Waals surface area contributed by atoms with E-state index >= 15 is 0 Å². The smallest absolute Gasteiger partial charge is 0.175 e. The second-order valence-electron chi connectivity index (χ2n) is 4.77. The van der Waals surface area contributed by atoms with E-state index in [-0.39, 0.29) is 5.41 Å². The number of nitrogens with one attached hydrogen (secondary N) is 1. The van der Waals surface area contributed by atoms with E-state index in [0.717, 1.165) is 18.8 Å². The van der Waals surface area contributed by atoms with Crippen LogP contribution in [0, 0.1) is 5.41 Å². The zero-order valence-corrected chi connectivity index (χ0v) is 10.6. The highest BCUT2D eigenvalue weighted by molar-refractivity contribution is 4.99. The molecule has 0 aliphatic heterocycles. The summed E-state index contributed by atoms with van der Waals surface area (Å²) in [5, 5.41) is 15.4. The van der Waals surface area contributed by atoms with Crippen LogP contribution < -0.4 is 5.32 Å². The van der Waals surface area contributed by atoms with Crippen LogP contribution in [0.15, 0.2) is 12.7 Å². The summed E-state index contributed by atoms with van der Waals surface area (Å²) in [5.74, 6) is 0.760. The van der Waals surface area contributed by atoms with Gasteiger partial charge in [-0.15, -0.1) is 16.8 Å². The maximum atomic E-state index is 4.19. The summed E-state index contributed by atoms with van der Waals surface area (Å²) in [7, 11) is 1.77. The Morgan fingerprint density at radius 2 is 2.25 bits per heavy atom. The molecule has 0 aliphatic rings. The normalized spacial score (nSPS) is 15.1. The Kier molecular flexibility index (Phi) is 4.18. The summed E-state index contributed by atoms with van der Waals surface area (Å²) >= 11 is 0. The monoisotopic (exact) mass is 223 g/mol. The summed E-state index contributed by atoms with van der Waals surface area (Å²) in [4.78, 5) is 1.48. The first-order chi connectivity index (χ1) is 7.45. The Balaban J connectivity index is 2.62. The number of nitrogens with zero attached hydrogens (tertiary/aromatic N) is 4. The largest absolute Gasteiger partial charge is 0.314 e. The van der Waals surface area contributed by atoms with Gasteiger partial charge in [-0.3, -0.25) is 0 Å². The zero-order valence-electron chi connectivity index (χ0n) is 10.6. The molecule has 1 rings (SSSR count). The van der Waals surface area contributed by atoms with Crippen LogP contribution in [-0.4, -0.2) is 32.8 Å². The molecule has 5 heteroatoms. The molecule has 0 aliphatic carbocycles. The Morgan fingerprint density at radius 1 is 1.56 bits per heavy atom. The predicted molar refractivity (Wildman–Crippen MR) is 63.9 cm³/mol. The van der Waals surface area contributed by atoms with Gasteiger partial charge in [0.2, 0.25) is 0 Å². The van der Waals surface area contributed by atoms with E-state index in [9.17, 15) is 0 Å². The molecule has 0 radical (unpaired) electrons. The molecule has 5 nitrogen and oxygen atoms in total. The molecule has 1 N–H and O–H groups in total. The minimum absolute atomic E-state index is 0.0344. The Morgan fingerprint density at radius 3 is 2.69 bits per heavy atom. The number of hydrogen-bond acceptors (Lipinski definition) is 4. The van der Waals surface area contributed by atoms with Crippen LogP contribution in [0.1, 0.15) is 26.6 Å². The van der Waals surface area contributed by atoms with Gasteiger partial charge in [0.25, 0.3) is 0 Å². The summed E-state index contributed by atoms with van der Waals surface area (Å²) in [5.41, 5.74) is -0.0344. The lowest BCUT2D eigenvalue weighted by molar-refractivity contribution is 0.366. The van der Waals surface area contributed by atoms with Crippen LogP contribution in [-0.2, 0) is 13.5 Å². The van der Waals surface area contributed by atoms with Crippen molar-refractivity contribution in [1.82, 2.24) is 25.5 Å². The number of hydrogen-bond donors (Lipinski definition) is 1. The van der Waals surface area contributed by atoms with Crippen molar-refractivity contribution in [3.63, 3.8) is 0 Å². The van der Waals surface area contributed by atoms with Crippen molar-refractivity contribution < 1.29 is 0 Å². The van der Waals surface area contributed by atoms with Gasteiger partial charge < -0.3 is 5.32 Å². The molecule has 1 heterocycles. The predicted octanol–water partition coefficient (Wildman–Crippen LogP) is 0.943. The van der Waals surface area contributed by atoms with Crippen LogP contribution in [0.5, 0.6) is 0 Å². The van der Waals surface area contributed by atoms with Gasteiger partial charge in [-0.25, -0.2) is 0 Å². The van der Waals surface area contributed by atoms with E-state index in [4.69, 9.17) is 0 Å². The molecule has 0 aromatic carbocycles. The van der Waals surface area contributed by atoms with Gasteiger partial charge in [-0.1, -0.05) is 26.8 Å². The quantitative estimate of drug-likeness (QED) is 0.729. The fourth-order valence-electron chi connectivity index (χ4n) is 1.40. The van der Waals surface area contributed by atoms with E-state index < -0.39 is 0 Å². The van der Waals surface area contributed by atoms with Crippen LogP contribution in [0.25, 0.3) is 0 Å². The first kappa shape index (κ1) is 12.8. The molecule has 1 aromatic rings. The average Bonchev–Trinajstić information content (AvgIpc) is 2.61. The molecule has 0 saturated carbocycles. The van der Waals surface area contributed by atoms with Gasteiger partial charge in [0.15, 0.2) is 5.82 Å². The van der Waals surface area contributed by atoms with Crippen LogP contribution in [0.2, 0.25) is 0 Å². The first-order valence-corrected chi connectivity index (χ1v) is 5.55. The van der Waals surface area contributed by atoms with Crippen LogP contribution >= 0.6 is 0 Å². The lowest BCUT2D eigenvalue weighted by atomic mass is 9.86. The summed E-state index contributed by atoms with van der Waals surface area (Å²) < 4.78 is 0. The molecular formula is C11H21N5. The molecule has 1 aromatic heterocycles. The fraction of sp³-hybridized carbons (Fsp3) is 0.727. The van der Waals surface area contributed by atoms with Crippen molar-refractivity contribution in [2.45, 2.75) is 33.2 Å². The van der Waals surface area contributed by atoms with Crippen molar-refractivity contribution in [2.75, 3.05) is 6.54 Å². The molecule has 90 valence electrons. The SMILES string of the molecule is C=CC(C)(CNC(C)C)Cc1nnn(C)n1. The van der Waals surface area contributed by atoms with Gasteiger partial charge in [0.1, 0.15) is 0 Å². The zero-order chi connectivity index (χ0) is 12.2. The third-order valence-corrected chi connectivity index (χ3v) is 2.52. The summed E-state index contributed by atoms with van der Waals surface area (Å²) in [6, 6.07) is 0.467. The minimum Gasteiger partial charge on any atom is -0.314 e. The van der Waals surface area contributed by atoms with Crippen molar-refractivity contribution in [3.05, 3.63) is 18.5 Å². The van der Waals surface area contributed by atoms with Crippen molar-refractivity contribution in [3.8, 4) is 0 Å². The van der Waals surface area contributed by atoms with Crippen molar-refractivity contribution in [2.24, 2.45) is 12.5 Å². The summed E-state index contributed by atoms with van der Waals surface area (Å²) in [6.07, 6.45) is 2.71. The molecule has 1 atom stereocenters. The van der Waals surface area contributed by atoms with Gasteiger partial charge >= 0.3 is 0 Å². The van der Waals surface area contributed by atoms with E-state index in [2.05, 4.69) is 48.1 Å². The van der Waals surface area contributed by atoms with E-state index in [0.29, 0.717) is 6.04 Å². The Bertz CT molecular complexity index is 344. The van der Waals surface area contributed by atoms with Crippen molar-refractivity contribution >= 4 is 0 Å². The highest BCUT2D eigenvalue weighted by Crippen LogP contribution is 2.21. The second kappa shape index (κ2) is 5.21. The van der Waals surface area contributed by atoms with Crippen molar-refractivity contribution in [1.29, 1.82) is 0 Å². The maximum absolute atomic E-state index is 4.19. The lowest BCUT2D eigenvalue weighted by Gasteiger charge is -2.25. The molecule has 0 saturated heterocycles. The molecule has 0 bridgehead atoms. The van der Waals surface area contributed by atoms with E-state index in [1.54, 1.807) is 7.05 Å². The molecule has 0 amide bonds. The van der Waals surface area contributed by atoms with Gasteiger partial charge in [0, 0.05) is 24.4 Å². The first-order valence-electron chi connectivity index (χ1n) is 5.55. The Hall–Kier alpha value is -1.23. The standard InChI is InChI=1S/C11H21N5/c1-6-11(4,8-12-9(2)3)7-10-13-15-16(5)14-10/h6,9,12H,1,7-8H2,2-5H3. The number of tetrazole rings is 1. The molecule has 1 unspecified atom stereocenters. The minimum atomic E-state index is -0.0344. The van der Waals surface area contributed by atoms with Gasteiger partial charge in [-0.05, 0) is 5.21 Å². The maximum Gasteiger partial charge on any atom is 0.175 e. The van der Waals surface area contributed by atoms with E-state index in [1.165, 1.54) is 4.80 Å². The van der Waals surface area contributed by atoms with Gasteiger partial charge in [0.05, 0.1) is 7.05 Å². The Labute approximate surface area is 96.9 Å². The third kappa shape index (κ3) is 3.73. The second-order valence-corrected chi connectivity index (χ2v) is 4.77. The molecule has 0 spiro atoms. The van der Waals surface area contributed by atoms with E-state index in [1.807, 2.05) is 6.08 Å². The number of aromatic nitrogens is 4.